The second kappa shape index (κ2) is 6.04. The van der Waals surface area contributed by atoms with E-state index in [1.54, 1.807) is 11.4 Å². The quantitative estimate of drug-likeness (QED) is 0.515. The monoisotopic (exact) mass is 290 g/mol. The van der Waals surface area contributed by atoms with Crippen LogP contribution in [0.2, 0.25) is 0 Å². The standard InChI is InChI=1S/C13H11FN4OS/c1-3-9-4-8(5-10(14)12(9)19-2)6-16-18-13-17-11(15)7-20-13/h1,4-7H,15H2,2H3,(H,17,18). The molecule has 0 fully saturated rings. The van der Waals surface area contributed by atoms with E-state index in [0.29, 0.717) is 22.1 Å². The van der Waals surface area contributed by atoms with Crippen molar-refractivity contribution in [3.05, 3.63) is 34.5 Å². The number of nitrogens with two attached hydrogens (primary N) is 1. The van der Waals surface area contributed by atoms with Gasteiger partial charge in [0.2, 0.25) is 5.13 Å². The number of hydrogen-bond acceptors (Lipinski definition) is 6. The van der Waals surface area contributed by atoms with Gasteiger partial charge in [-0.3, -0.25) is 5.43 Å². The molecule has 1 aromatic carbocycles. The minimum atomic E-state index is -0.539. The molecule has 0 spiro atoms. The maximum absolute atomic E-state index is 13.7. The van der Waals surface area contributed by atoms with E-state index < -0.39 is 5.82 Å². The number of nitrogens with zero attached hydrogens (tertiary/aromatic N) is 2. The zero-order chi connectivity index (χ0) is 14.5. The maximum atomic E-state index is 13.7. The van der Waals surface area contributed by atoms with Crippen LogP contribution < -0.4 is 15.9 Å². The van der Waals surface area contributed by atoms with Gasteiger partial charge in [-0.05, 0) is 17.7 Å². The van der Waals surface area contributed by atoms with Crippen molar-refractivity contribution in [2.75, 3.05) is 18.3 Å². The number of anilines is 2. The van der Waals surface area contributed by atoms with Crippen LogP contribution in [0.3, 0.4) is 0 Å². The van der Waals surface area contributed by atoms with Crippen LogP contribution in [0.1, 0.15) is 11.1 Å². The molecule has 0 amide bonds. The molecule has 1 heterocycles. The molecule has 0 aliphatic carbocycles. The van der Waals surface area contributed by atoms with Gasteiger partial charge < -0.3 is 10.5 Å². The van der Waals surface area contributed by atoms with E-state index in [2.05, 4.69) is 21.4 Å². The average Bonchev–Trinajstić information content (AvgIpc) is 2.83. The van der Waals surface area contributed by atoms with Gasteiger partial charge in [0, 0.05) is 5.38 Å². The zero-order valence-electron chi connectivity index (χ0n) is 10.6. The van der Waals surface area contributed by atoms with Crippen molar-refractivity contribution in [2.45, 2.75) is 0 Å². The minimum absolute atomic E-state index is 0.0466. The molecule has 7 heteroatoms. The lowest BCUT2D eigenvalue weighted by Gasteiger charge is -2.05. The van der Waals surface area contributed by atoms with Crippen molar-refractivity contribution in [3.63, 3.8) is 0 Å². The molecule has 0 radical (unpaired) electrons. The molecule has 5 nitrogen and oxygen atoms in total. The number of nitrogens with one attached hydrogen (secondary N) is 1. The Kier molecular flexibility index (Phi) is 4.17. The number of hydrazone groups is 1. The number of nitrogen functional groups attached to an aromatic ring is 1. The molecule has 0 unspecified atom stereocenters. The lowest BCUT2D eigenvalue weighted by atomic mass is 10.1. The number of aromatic nitrogens is 1. The molecular weight excluding hydrogens is 279 g/mol. The van der Waals surface area contributed by atoms with Gasteiger partial charge in [-0.2, -0.15) is 5.10 Å². The highest BCUT2D eigenvalue weighted by atomic mass is 32.1. The summed E-state index contributed by atoms with van der Waals surface area (Å²) < 4.78 is 18.6. The predicted molar refractivity (Wildman–Crippen MR) is 78.6 cm³/mol. The van der Waals surface area contributed by atoms with Gasteiger partial charge in [0.25, 0.3) is 0 Å². The van der Waals surface area contributed by atoms with Crippen LogP contribution >= 0.6 is 11.3 Å². The van der Waals surface area contributed by atoms with Crippen molar-refractivity contribution in [1.29, 1.82) is 0 Å². The van der Waals surface area contributed by atoms with E-state index in [1.807, 2.05) is 0 Å². The molecule has 0 saturated carbocycles. The average molecular weight is 290 g/mol. The van der Waals surface area contributed by atoms with Crippen LogP contribution in [0.5, 0.6) is 5.75 Å². The number of thiazole rings is 1. The lowest BCUT2D eigenvalue weighted by molar-refractivity contribution is 0.385. The summed E-state index contributed by atoms with van der Waals surface area (Å²) in [5.41, 5.74) is 9.00. The third-order valence-corrected chi connectivity index (χ3v) is 3.09. The van der Waals surface area contributed by atoms with Crippen LogP contribution in [0.15, 0.2) is 22.6 Å². The molecule has 0 aliphatic heterocycles. The third-order valence-electron chi connectivity index (χ3n) is 2.32. The topological polar surface area (TPSA) is 72.5 Å². The van der Waals surface area contributed by atoms with Crippen molar-refractivity contribution in [3.8, 4) is 18.1 Å². The summed E-state index contributed by atoms with van der Waals surface area (Å²) in [4.78, 5) is 3.97. The highest BCUT2D eigenvalue weighted by molar-refractivity contribution is 7.14. The van der Waals surface area contributed by atoms with Gasteiger partial charge >= 0.3 is 0 Å². The lowest BCUT2D eigenvalue weighted by Crippen LogP contribution is -1.96. The Morgan fingerprint density at radius 2 is 2.40 bits per heavy atom. The van der Waals surface area contributed by atoms with Crippen molar-refractivity contribution >= 4 is 28.5 Å². The first kappa shape index (κ1) is 13.8. The Morgan fingerprint density at radius 3 is 3.00 bits per heavy atom. The van der Waals surface area contributed by atoms with E-state index in [-0.39, 0.29) is 5.75 Å². The smallest absolute Gasteiger partial charge is 0.205 e. The summed E-state index contributed by atoms with van der Waals surface area (Å²) >= 11 is 1.31. The Balaban J connectivity index is 2.17. The maximum Gasteiger partial charge on any atom is 0.205 e. The van der Waals surface area contributed by atoms with Crippen LogP contribution in [0.4, 0.5) is 15.3 Å². The molecule has 1 aromatic heterocycles. The summed E-state index contributed by atoms with van der Waals surface area (Å²) in [7, 11) is 1.36. The number of halogens is 1. The van der Waals surface area contributed by atoms with Gasteiger partial charge in [-0.1, -0.05) is 5.92 Å². The first-order valence-corrected chi connectivity index (χ1v) is 6.36. The van der Waals surface area contributed by atoms with Gasteiger partial charge in [0.05, 0.1) is 18.9 Å². The van der Waals surface area contributed by atoms with Crippen LogP contribution in [0.25, 0.3) is 0 Å². The van der Waals surface area contributed by atoms with E-state index in [0.717, 1.165) is 0 Å². The molecule has 0 aliphatic rings. The van der Waals surface area contributed by atoms with Crippen molar-refractivity contribution in [1.82, 2.24) is 4.98 Å². The number of hydrogen-bond donors (Lipinski definition) is 2. The molecule has 0 atom stereocenters. The highest BCUT2D eigenvalue weighted by Crippen LogP contribution is 2.23. The van der Waals surface area contributed by atoms with Crippen LogP contribution in [-0.2, 0) is 0 Å². The fourth-order valence-corrected chi connectivity index (χ4v) is 2.05. The van der Waals surface area contributed by atoms with Crippen molar-refractivity contribution < 1.29 is 9.13 Å². The zero-order valence-corrected chi connectivity index (χ0v) is 11.4. The van der Waals surface area contributed by atoms with Gasteiger partial charge in [0.1, 0.15) is 5.82 Å². The van der Waals surface area contributed by atoms with Crippen LogP contribution in [0, 0.1) is 18.2 Å². The number of ether oxygens (including phenoxy) is 1. The predicted octanol–water partition coefficient (Wildman–Crippen LogP) is 2.30. The van der Waals surface area contributed by atoms with E-state index >= 15 is 0 Å². The van der Waals surface area contributed by atoms with E-state index in [4.69, 9.17) is 16.9 Å². The Bertz CT molecular complexity index is 690. The first-order chi connectivity index (χ1) is 9.63. The Morgan fingerprint density at radius 1 is 1.60 bits per heavy atom. The van der Waals surface area contributed by atoms with Gasteiger partial charge in [0.15, 0.2) is 11.6 Å². The van der Waals surface area contributed by atoms with Gasteiger partial charge in [-0.15, -0.1) is 17.8 Å². The number of benzene rings is 1. The molecule has 102 valence electrons. The summed E-state index contributed by atoms with van der Waals surface area (Å²) in [5, 5.41) is 6.17. The normalized spacial score (nSPS) is 10.4. The third kappa shape index (κ3) is 3.05. The Labute approximate surface area is 119 Å². The second-order valence-corrected chi connectivity index (χ2v) is 4.53. The Hall–Kier alpha value is -2.59. The molecule has 2 rings (SSSR count). The van der Waals surface area contributed by atoms with E-state index in [9.17, 15) is 4.39 Å². The second-order valence-electron chi connectivity index (χ2n) is 3.68. The number of methoxy groups -OCH3 is 1. The molecule has 3 N–H and O–H groups in total. The fraction of sp³-hybridized carbons (Fsp3) is 0.0769. The summed E-state index contributed by atoms with van der Waals surface area (Å²) in [6, 6.07) is 2.88. The molecular formula is C13H11FN4OS. The van der Waals surface area contributed by atoms with Crippen molar-refractivity contribution in [2.24, 2.45) is 5.10 Å². The first-order valence-electron chi connectivity index (χ1n) is 5.48. The van der Waals surface area contributed by atoms with E-state index in [1.165, 1.54) is 30.7 Å². The summed E-state index contributed by atoms with van der Waals surface area (Å²) in [5.74, 6) is 2.29. The molecule has 0 bridgehead atoms. The number of rotatable bonds is 4. The summed E-state index contributed by atoms with van der Waals surface area (Å²) in [6.07, 6.45) is 6.74. The molecule has 2 aromatic rings. The highest BCUT2D eigenvalue weighted by Gasteiger charge is 2.09. The van der Waals surface area contributed by atoms with Crippen LogP contribution in [-0.4, -0.2) is 18.3 Å². The van der Waals surface area contributed by atoms with Gasteiger partial charge in [-0.25, -0.2) is 9.37 Å². The largest absolute Gasteiger partial charge is 0.492 e. The summed E-state index contributed by atoms with van der Waals surface area (Å²) in [6.45, 7) is 0. The molecule has 0 saturated heterocycles. The number of terminal acetylenes is 1. The SMILES string of the molecule is C#Cc1cc(C=NNc2nc(N)cs2)cc(F)c1OC. The molecule has 20 heavy (non-hydrogen) atoms. The minimum Gasteiger partial charge on any atom is -0.492 e. The fourth-order valence-electron chi connectivity index (χ4n) is 1.50.